The Labute approximate surface area is 100 Å². The van der Waals surface area contributed by atoms with Gasteiger partial charge in [-0.1, -0.05) is 18.2 Å². The molecular weight excluding hydrogens is 222 g/mol. The van der Waals surface area contributed by atoms with Crippen LogP contribution in [0.1, 0.15) is 5.56 Å². The average Bonchev–Trinajstić information content (AvgIpc) is 2.83. The predicted octanol–water partition coefficient (Wildman–Crippen LogP) is 2.73. The molecule has 4 heteroatoms. The standard InChI is InChI=1S/C12H14ClN3/c13-10-11-4-1-2-5-12(11)14-7-9-16-8-3-6-15-16/h1-6,8,14H,7,9-10H2. The molecule has 0 unspecified atom stereocenters. The van der Waals surface area contributed by atoms with Gasteiger partial charge in [0.15, 0.2) is 0 Å². The Morgan fingerprint density at radius 3 is 2.88 bits per heavy atom. The summed E-state index contributed by atoms with van der Waals surface area (Å²) >= 11 is 5.85. The van der Waals surface area contributed by atoms with Gasteiger partial charge in [0.2, 0.25) is 0 Å². The van der Waals surface area contributed by atoms with Gasteiger partial charge in [-0.15, -0.1) is 11.6 Å². The van der Waals surface area contributed by atoms with E-state index in [9.17, 15) is 0 Å². The number of alkyl halides is 1. The van der Waals surface area contributed by atoms with Crippen LogP contribution >= 0.6 is 11.6 Å². The summed E-state index contributed by atoms with van der Waals surface area (Å²) in [4.78, 5) is 0. The van der Waals surface area contributed by atoms with Gasteiger partial charge in [0.1, 0.15) is 0 Å². The van der Waals surface area contributed by atoms with E-state index in [0.29, 0.717) is 5.88 Å². The Kier molecular flexibility index (Phi) is 3.83. The predicted molar refractivity (Wildman–Crippen MR) is 66.7 cm³/mol. The number of nitrogens with zero attached hydrogens (tertiary/aromatic N) is 2. The van der Waals surface area contributed by atoms with E-state index in [-0.39, 0.29) is 0 Å². The molecule has 0 radical (unpaired) electrons. The van der Waals surface area contributed by atoms with E-state index in [1.165, 1.54) is 0 Å². The summed E-state index contributed by atoms with van der Waals surface area (Å²) in [6, 6.07) is 10.00. The number of hydrogen-bond acceptors (Lipinski definition) is 2. The smallest absolute Gasteiger partial charge is 0.0582 e. The SMILES string of the molecule is ClCc1ccccc1NCCn1cccn1. The van der Waals surface area contributed by atoms with E-state index in [2.05, 4.69) is 10.4 Å². The first-order valence-corrected chi connectivity index (χ1v) is 5.79. The Balaban J connectivity index is 1.89. The summed E-state index contributed by atoms with van der Waals surface area (Å²) in [6.45, 7) is 1.69. The molecule has 0 atom stereocenters. The van der Waals surface area contributed by atoms with Gasteiger partial charge < -0.3 is 5.32 Å². The van der Waals surface area contributed by atoms with E-state index in [1.54, 1.807) is 6.20 Å². The quantitative estimate of drug-likeness (QED) is 0.808. The highest BCUT2D eigenvalue weighted by atomic mass is 35.5. The van der Waals surface area contributed by atoms with Crippen molar-refractivity contribution < 1.29 is 0 Å². The molecule has 3 nitrogen and oxygen atoms in total. The van der Waals surface area contributed by atoms with Crippen molar-refractivity contribution in [3.63, 3.8) is 0 Å². The van der Waals surface area contributed by atoms with Crippen molar-refractivity contribution in [3.8, 4) is 0 Å². The summed E-state index contributed by atoms with van der Waals surface area (Å²) in [6.07, 6.45) is 3.74. The molecule has 0 bridgehead atoms. The monoisotopic (exact) mass is 235 g/mol. The molecule has 16 heavy (non-hydrogen) atoms. The van der Waals surface area contributed by atoms with Gasteiger partial charge in [0, 0.05) is 30.5 Å². The van der Waals surface area contributed by atoms with Crippen molar-refractivity contribution in [1.82, 2.24) is 9.78 Å². The largest absolute Gasteiger partial charge is 0.383 e. The second kappa shape index (κ2) is 5.56. The van der Waals surface area contributed by atoms with E-state index < -0.39 is 0 Å². The highest BCUT2D eigenvalue weighted by Crippen LogP contribution is 2.16. The molecule has 0 saturated carbocycles. The van der Waals surface area contributed by atoms with E-state index >= 15 is 0 Å². The maximum atomic E-state index is 5.85. The minimum atomic E-state index is 0.533. The van der Waals surface area contributed by atoms with Crippen LogP contribution in [0.5, 0.6) is 0 Å². The lowest BCUT2D eigenvalue weighted by atomic mass is 10.2. The first-order valence-electron chi connectivity index (χ1n) is 5.25. The molecule has 2 aromatic rings. The minimum Gasteiger partial charge on any atom is -0.383 e. The number of para-hydroxylation sites is 1. The zero-order valence-corrected chi connectivity index (χ0v) is 9.69. The summed E-state index contributed by atoms with van der Waals surface area (Å²) in [5, 5.41) is 7.50. The third-order valence-electron chi connectivity index (χ3n) is 2.38. The molecule has 1 aromatic carbocycles. The molecule has 0 aliphatic carbocycles. The van der Waals surface area contributed by atoms with Gasteiger partial charge in [-0.2, -0.15) is 5.10 Å². The fourth-order valence-corrected chi connectivity index (χ4v) is 1.78. The molecular formula is C12H14ClN3. The second-order valence-corrected chi connectivity index (χ2v) is 3.75. The minimum absolute atomic E-state index is 0.533. The van der Waals surface area contributed by atoms with E-state index in [4.69, 9.17) is 11.6 Å². The maximum Gasteiger partial charge on any atom is 0.0582 e. The normalized spacial score (nSPS) is 10.3. The number of rotatable bonds is 5. The topological polar surface area (TPSA) is 29.9 Å². The van der Waals surface area contributed by atoms with Crippen molar-refractivity contribution in [2.24, 2.45) is 0 Å². The van der Waals surface area contributed by atoms with Crippen LogP contribution in [0.15, 0.2) is 42.7 Å². The van der Waals surface area contributed by atoms with E-state index in [1.807, 2.05) is 41.2 Å². The van der Waals surface area contributed by atoms with Crippen LogP contribution in [0.2, 0.25) is 0 Å². The first-order chi connectivity index (χ1) is 7.90. The van der Waals surface area contributed by atoms with Crippen LogP contribution < -0.4 is 5.32 Å². The molecule has 84 valence electrons. The van der Waals surface area contributed by atoms with Gasteiger partial charge in [0.05, 0.1) is 6.54 Å². The number of hydrogen-bond donors (Lipinski definition) is 1. The summed E-state index contributed by atoms with van der Waals surface area (Å²) < 4.78 is 1.90. The van der Waals surface area contributed by atoms with Gasteiger partial charge in [-0.25, -0.2) is 0 Å². The molecule has 0 spiro atoms. The third-order valence-corrected chi connectivity index (χ3v) is 2.66. The summed E-state index contributed by atoms with van der Waals surface area (Å²) in [5.74, 6) is 0.533. The molecule has 0 aliphatic heterocycles. The van der Waals surface area contributed by atoms with Gasteiger partial charge >= 0.3 is 0 Å². The first kappa shape index (κ1) is 11.0. The molecule has 0 amide bonds. The van der Waals surface area contributed by atoms with Crippen molar-refractivity contribution in [2.75, 3.05) is 11.9 Å². The van der Waals surface area contributed by atoms with Crippen molar-refractivity contribution in [3.05, 3.63) is 48.3 Å². The van der Waals surface area contributed by atoms with Crippen LogP contribution in [0, 0.1) is 0 Å². The Bertz CT molecular complexity index is 426. The number of anilines is 1. The Hall–Kier alpha value is -1.48. The van der Waals surface area contributed by atoms with Gasteiger partial charge in [-0.3, -0.25) is 4.68 Å². The zero-order valence-electron chi connectivity index (χ0n) is 8.94. The molecule has 0 fully saturated rings. The van der Waals surface area contributed by atoms with Crippen LogP contribution in [0.25, 0.3) is 0 Å². The summed E-state index contributed by atoms with van der Waals surface area (Å²) in [7, 11) is 0. The fraction of sp³-hybridized carbons (Fsp3) is 0.250. The molecule has 0 aliphatic rings. The second-order valence-electron chi connectivity index (χ2n) is 3.49. The molecule has 1 heterocycles. The fourth-order valence-electron chi connectivity index (χ4n) is 1.55. The molecule has 1 N–H and O–H groups in total. The third kappa shape index (κ3) is 2.76. The lowest BCUT2D eigenvalue weighted by Crippen LogP contribution is -2.11. The van der Waals surface area contributed by atoms with Crippen LogP contribution in [0.3, 0.4) is 0 Å². The van der Waals surface area contributed by atoms with Crippen LogP contribution in [-0.2, 0) is 12.4 Å². The number of aromatic nitrogens is 2. The van der Waals surface area contributed by atoms with Gasteiger partial charge in [-0.05, 0) is 17.7 Å². The number of benzene rings is 1. The average molecular weight is 236 g/mol. The molecule has 2 rings (SSSR count). The Morgan fingerprint density at radius 1 is 1.25 bits per heavy atom. The number of halogens is 1. The molecule has 0 saturated heterocycles. The Morgan fingerprint density at radius 2 is 2.12 bits per heavy atom. The highest BCUT2D eigenvalue weighted by molar-refractivity contribution is 6.17. The highest BCUT2D eigenvalue weighted by Gasteiger charge is 1.99. The lowest BCUT2D eigenvalue weighted by Gasteiger charge is -2.10. The van der Waals surface area contributed by atoms with Crippen LogP contribution in [0.4, 0.5) is 5.69 Å². The maximum absolute atomic E-state index is 5.85. The zero-order chi connectivity index (χ0) is 11.2. The van der Waals surface area contributed by atoms with Crippen LogP contribution in [-0.4, -0.2) is 16.3 Å². The van der Waals surface area contributed by atoms with Crippen molar-refractivity contribution >= 4 is 17.3 Å². The number of nitrogens with one attached hydrogen (secondary N) is 1. The lowest BCUT2D eigenvalue weighted by molar-refractivity contribution is 0.637. The van der Waals surface area contributed by atoms with Gasteiger partial charge in [0.25, 0.3) is 0 Å². The molecule has 1 aromatic heterocycles. The van der Waals surface area contributed by atoms with Crippen molar-refractivity contribution in [2.45, 2.75) is 12.4 Å². The van der Waals surface area contributed by atoms with E-state index in [0.717, 1.165) is 24.3 Å². The van der Waals surface area contributed by atoms with Crippen molar-refractivity contribution in [1.29, 1.82) is 0 Å². The summed E-state index contributed by atoms with van der Waals surface area (Å²) in [5.41, 5.74) is 2.23.